The molecule has 6 nitrogen and oxygen atoms in total. The molecule has 26 heavy (non-hydrogen) atoms. The highest BCUT2D eigenvalue weighted by Gasteiger charge is 2.10. The van der Waals surface area contributed by atoms with E-state index in [2.05, 4.69) is 20.6 Å². The fraction of sp³-hybridized carbons (Fsp3) is 0. The van der Waals surface area contributed by atoms with Crippen molar-refractivity contribution in [3.05, 3.63) is 78.1 Å². The smallest absolute Gasteiger partial charge is 0.255 e. The van der Waals surface area contributed by atoms with E-state index in [1.54, 1.807) is 34.8 Å². The summed E-state index contributed by atoms with van der Waals surface area (Å²) in [5.41, 5.74) is 2.76. The highest BCUT2D eigenvalue weighted by atomic mass is 19.2. The van der Waals surface area contributed by atoms with Crippen molar-refractivity contribution in [2.75, 3.05) is 5.32 Å². The Labute approximate surface area is 146 Å². The van der Waals surface area contributed by atoms with Crippen LogP contribution in [-0.2, 0) is 0 Å². The first-order valence-electron chi connectivity index (χ1n) is 7.64. The molecule has 1 amide bonds. The van der Waals surface area contributed by atoms with Crippen LogP contribution in [0.2, 0.25) is 0 Å². The van der Waals surface area contributed by atoms with Crippen molar-refractivity contribution in [3.8, 4) is 11.3 Å². The molecule has 0 bridgehead atoms. The van der Waals surface area contributed by atoms with Gasteiger partial charge in [0, 0.05) is 16.8 Å². The Morgan fingerprint density at radius 2 is 1.77 bits per heavy atom. The molecule has 0 saturated heterocycles. The SMILES string of the molecule is O=C(Nc1ccc(-c2ccc3nncn3n2)cc1)c1ccc(F)c(F)c1. The van der Waals surface area contributed by atoms with Crippen LogP contribution in [0.25, 0.3) is 16.9 Å². The molecule has 0 spiro atoms. The molecule has 0 atom stereocenters. The lowest BCUT2D eigenvalue weighted by atomic mass is 10.1. The van der Waals surface area contributed by atoms with Gasteiger partial charge in [0.1, 0.15) is 6.33 Å². The molecule has 2 aromatic heterocycles. The molecule has 128 valence electrons. The quantitative estimate of drug-likeness (QED) is 0.615. The second-order valence-corrected chi connectivity index (χ2v) is 5.51. The van der Waals surface area contributed by atoms with Crippen LogP contribution in [0.4, 0.5) is 14.5 Å². The third kappa shape index (κ3) is 3.00. The van der Waals surface area contributed by atoms with E-state index in [-0.39, 0.29) is 5.56 Å². The van der Waals surface area contributed by atoms with Crippen molar-refractivity contribution in [3.63, 3.8) is 0 Å². The molecule has 0 aliphatic rings. The number of carbonyl (C=O) groups excluding carboxylic acids is 1. The van der Waals surface area contributed by atoms with Crippen LogP contribution < -0.4 is 5.32 Å². The molecule has 4 rings (SSSR count). The van der Waals surface area contributed by atoms with Crippen molar-refractivity contribution in [2.45, 2.75) is 0 Å². The van der Waals surface area contributed by atoms with Crippen LogP contribution in [0.1, 0.15) is 10.4 Å². The van der Waals surface area contributed by atoms with Crippen LogP contribution in [-0.4, -0.2) is 25.7 Å². The van der Waals surface area contributed by atoms with E-state index in [0.29, 0.717) is 11.3 Å². The third-order valence-electron chi connectivity index (χ3n) is 3.78. The van der Waals surface area contributed by atoms with Crippen LogP contribution in [0.3, 0.4) is 0 Å². The highest BCUT2D eigenvalue weighted by molar-refractivity contribution is 6.04. The Kier molecular flexibility index (Phi) is 3.85. The molecular weight excluding hydrogens is 340 g/mol. The summed E-state index contributed by atoms with van der Waals surface area (Å²) in [7, 11) is 0. The number of aromatic nitrogens is 4. The summed E-state index contributed by atoms with van der Waals surface area (Å²) in [5, 5.41) is 14.7. The second kappa shape index (κ2) is 6.32. The first-order chi connectivity index (χ1) is 12.6. The molecule has 1 N–H and O–H groups in total. The van der Waals surface area contributed by atoms with Crippen molar-refractivity contribution >= 4 is 17.2 Å². The maximum atomic E-state index is 13.2. The molecule has 0 radical (unpaired) electrons. The lowest BCUT2D eigenvalue weighted by Crippen LogP contribution is -2.12. The van der Waals surface area contributed by atoms with E-state index in [1.165, 1.54) is 12.4 Å². The summed E-state index contributed by atoms with van der Waals surface area (Å²) in [6, 6.07) is 13.6. The summed E-state index contributed by atoms with van der Waals surface area (Å²) in [6.45, 7) is 0. The first kappa shape index (κ1) is 15.8. The summed E-state index contributed by atoms with van der Waals surface area (Å²) >= 11 is 0. The number of hydrogen-bond acceptors (Lipinski definition) is 4. The van der Waals surface area contributed by atoms with Crippen LogP contribution >= 0.6 is 0 Å². The van der Waals surface area contributed by atoms with Crippen LogP contribution in [0.15, 0.2) is 60.9 Å². The van der Waals surface area contributed by atoms with Gasteiger partial charge >= 0.3 is 0 Å². The van der Waals surface area contributed by atoms with Crippen molar-refractivity contribution in [1.82, 2.24) is 19.8 Å². The standard InChI is InChI=1S/C18H11F2N5O/c19-14-6-3-12(9-15(14)20)18(26)22-13-4-1-11(2-5-13)16-7-8-17-23-21-10-25(17)24-16/h1-10H,(H,22,26). The van der Waals surface area contributed by atoms with Gasteiger partial charge < -0.3 is 5.32 Å². The van der Waals surface area contributed by atoms with Gasteiger partial charge in [0.25, 0.3) is 5.91 Å². The Balaban J connectivity index is 1.53. The fourth-order valence-electron chi connectivity index (χ4n) is 2.45. The summed E-state index contributed by atoms with van der Waals surface area (Å²) in [4.78, 5) is 12.1. The number of halogens is 2. The zero-order valence-electron chi connectivity index (χ0n) is 13.2. The summed E-state index contributed by atoms with van der Waals surface area (Å²) in [6.07, 6.45) is 1.51. The Bertz CT molecular complexity index is 1110. The molecule has 0 fully saturated rings. The van der Waals surface area contributed by atoms with E-state index in [9.17, 15) is 13.6 Å². The first-order valence-corrected chi connectivity index (χ1v) is 7.64. The summed E-state index contributed by atoms with van der Waals surface area (Å²) < 4.78 is 27.7. The lowest BCUT2D eigenvalue weighted by Gasteiger charge is -2.07. The van der Waals surface area contributed by atoms with E-state index in [1.807, 2.05) is 6.07 Å². The number of nitrogens with zero attached hydrogens (tertiary/aromatic N) is 4. The number of fused-ring (bicyclic) bond motifs is 1. The number of carbonyl (C=O) groups is 1. The molecule has 4 aromatic rings. The molecule has 0 aliphatic carbocycles. The molecule has 0 unspecified atom stereocenters. The molecule has 8 heteroatoms. The van der Waals surface area contributed by atoms with Gasteiger partial charge in [-0.25, -0.2) is 8.78 Å². The van der Waals surface area contributed by atoms with Gasteiger partial charge in [-0.3, -0.25) is 4.79 Å². The minimum atomic E-state index is -1.07. The number of benzene rings is 2. The largest absolute Gasteiger partial charge is 0.322 e. The van der Waals surface area contributed by atoms with Gasteiger partial charge in [-0.2, -0.15) is 9.61 Å². The maximum absolute atomic E-state index is 13.2. The zero-order valence-corrected chi connectivity index (χ0v) is 13.2. The van der Waals surface area contributed by atoms with Gasteiger partial charge in [0.05, 0.1) is 5.69 Å². The number of anilines is 1. The average Bonchev–Trinajstić information content (AvgIpc) is 3.12. The number of hydrogen-bond donors (Lipinski definition) is 1. The predicted octanol–water partition coefficient (Wildman–Crippen LogP) is 3.32. The number of rotatable bonds is 3. The molecule has 0 aliphatic heterocycles. The average molecular weight is 351 g/mol. The highest BCUT2D eigenvalue weighted by Crippen LogP contribution is 2.20. The van der Waals surface area contributed by atoms with E-state index in [4.69, 9.17) is 0 Å². The summed E-state index contributed by atoms with van der Waals surface area (Å²) in [5.74, 6) is -2.59. The van der Waals surface area contributed by atoms with E-state index < -0.39 is 17.5 Å². The third-order valence-corrected chi connectivity index (χ3v) is 3.78. The van der Waals surface area contributed by atoms with Gasteiger partial charge in [0.2, 0.25) is 0 Å². The molecule has 2 heterocycles. The van der Waals surface area contributed by atoms with Gasteiger partial charge in [-0.05, 0) is 42.5 Å². The van der Waals surface area contributed by atoms with Crippen molar-refractivity contribution < 1.29 is 13.6 Å². The lowest BCUT2D eigenvalue weighted by molar-refractivity contribution is 0.102. The Morgan fingerprint density at radius 3 is 2.54 bits per heavy atom. The minimum absolute atomic E-state index is 0.0349. The van der Waals surface area contributed by atoms with E-state index >= 15 is 0 Å². The second-order valence-electron chi connectivity index (χ2n) is 5.51. The molecule has 0 saturated carbocycles. The maximum Gasteiger partial charge on any atom is 0.255 e. The van der Waals surface area contributed by atoms with E-state index in [0.717, 1.165) is 23.4 Å². The Morgan fingerprint density at radius 1 is 0.962 bits per heavy atom. The van der Waals surface area contributed by atoms with Gasteiger partial charge in [-0.1, -0.05) is 12.1 Å². The molecular formula is C18H11F2N5O. The normalized spacial score (nSPS) is 10.8. The fourth-order valence-corrected chi connectivity index (χ4v) is 2.45. The Hall–Kier alpha value is -3.68. The van der Waals surface area contributed by atoms with Gasteiger partial charge in [-0.15, -0.1) is 10.2 Å². The predicted molar refractivity (Wildman–Crippen MR) is 90.5 cm³/mol. The molecule has 2 aromatic carbocycles. The number of amides is 1. The van der Waals surface area contributed by atoms with Crippen LogP contribution in [0.5, 0.6) is 0 Å². The zero-order chi connectivity index (χ0) is 18.1. The number of nitrogens with one attached hydrogen (secondary N) is 1. The van der Waals surface area contributed by atoms with Crippen LogP contribution in [0, 0.1) is 11.6 Å². The van der Waals surface area contributed by atoms with Crippen molar-refractivity contribution in [1.29, 1.82) is 0 Å². The van der Waals surface area contributed by atoms with Crippen molar-refractivity contribution in [2.24, 2.45) is 0 Å². The minimum Gasteiger partial charge on any atom is -0.322 e. The monoisotopic (exact) mass is 351 g/mol. The topological polar surface area (TPSA) is 72.2 Å². The van der Waals surface area contributed by atoms with Gasteiger partial charge in [0.15, 0.2) is 17.3 Å².